The quantitative estimate of drug-likeness (QED) is 0.335. The first-order valence-electron chi connectivity index (χ1n) is 10.6. The number of nitrogens with one attached hydrogen (secondary N) is 2. The maximum Gasteiger partial charge on any atom is 0.226 e. The molecule has 6 heteroatoms. The van der Waals surface area contributed by atoms with E-state index >= 15 is 0 Å². The van der Waals surface area contributed by atoms with E-state index in [0.717, 1.165) is 33.2 Å². The molecule has 0 atom stereocenters. The van der Waals surface area contributed by atoms with Crippen LogP contribution in [0.5, 0.6) is 0 Å². The number of H-pyrrole nitrogens is 1. The number of carbonyl (C=O) groups is 1. The van der Waals surface area contributed by atoms with Crippen LogP contribution in [0.3, 0.4) is 0 Å². The molecule has 1 amide bonds. The average molecular weight is 443 g/mol. The average Bonchev–Trinajstić information content (AvgIpc) is 3.20. The zero-order valence-corrected chi connectivity index (χ0v) is 19.3. The van der Waals surface area contributed by atoms with Gasteiger partial charge in [0.1, 0.15) is 5.82 Å². The van der Waals surface area contributed by atoms with Gasteiger partial charge < -0.3 is 10.3 Å². The van der Waals surface area contributed by atoms with E-state index in [0.29, 0.717) is 18.0 Å². The van der Waals surface area contributed by atoms with Crippen LogP contribution >= 0.6 is 11.8 Å². The predicted molar refractivity (Wildman–Crippen MR) is 132 cm³/mol. The number of thioether (sulfide) groups is 1. The molecule has 0 aliphatic carbocycles. The maximum absolute atomic E-state index is 12.3. The Morgan fingerprint density at radius 1 is 0.938 bits per heavy atom. The standard InChI is InChI=1S/C26H26N4OS/c1-17-6-10-20(11-7-17)23-24(21-12-8-18(2)9-13-21)30-26(29-23)32-16-14-22(31)28-25-19(3)5-4-15-27-25/h4-13,15H,14,16H2,1-3H3,(H,29,30)(H,27,28,31). The van der Waals surface area contributed by atoms with Gasteiger partial charge in [0.05, 0.1) is 11.4 Å². The lowest BCUT2D eigenvalue weighted by Crippen LogP contribution is -2.14. The molecule has 0 saturated heterocycles. The predicted octanol–water partition coefficient (Wildman–Crippen LogP) is 6.18. The summed E-state index contributed by atoms with van der Waals surface area (Å²) < 4.78 is 0. The van der Waals surface area contributed by atoms with Gasteiger partial charge in [0.25, 0.3) is 0 Å². The molecule has 5 nitrogen and oxygen atoms in total. The molecule has 0 radical (unpaired) electrons. The molecule has 0 aliphatic rings. The normalized spacial score (nSPS) is 10.8. The van der Waals surface area contributed by atoms with Gasteiger partial charge in [0, 0.05) is 29.5 Å². The summed E-state index contributed by atoms with van der Waals surface area (Å²) >= 11 is 1.55. The number of aromatic amines is 1. The van der Waals surface area contributed by atoms with E-state index in [1.807, 2.05) is 19.1 Å². The van der Waals surface area contributed by atoms with Crippen molar-refractivity contribution in [3.05, 3.63) is 83.6 Å². The van der Waals surface area contributed by atoms with Crippen LogP contribution in [0, 0.1) is 20.8 Å². The van der Waals surface area contributed by atoms with Crippen LogP contribution in [-0.2, 0) is 4.79 Å². The SMILES string of the molecule is Cc1ccc(-c2nc(SCCC(=O)Nc3ncccc3C)[nH]c2-c2ccc(C)cc2)cc1. The van der Waals surface area contributed by atoms with Crippen molar-refractivity contribution in [2.45, 2.75) is 32.3 Å². The van der Waals surface area contributed by atoms with E-state index in [1.54, 1.807) is 18.0 Å². The van der Waals surface area contributed by atoms with E-state index in [1.165, 1.54) is 11.1 Å². The van der Waals surface area contributed by atoms with Crippen LogP contribution < -0.4 is 5.32 Å². The van der Waals surface area contributed by atoms with Crippen molar-refractivity contribution in [2.75, 3.05) is 11.1 Å². The molecule has 0 aliphatic heterocycles. The summed E-state index contributed by atoms with van der Waals surface area (Å²) in [5, 5.41) is 3.68. The highest BCUT2D eigenvalue weighted by atomic mass is 32.2. The van der Waals surface area contributed by atoms with Gasteiger partial charge in [-0.2, -0.15) is 0 Å². The third-order valence-electron chi connectivity index (χ3n) is 5.18. The van der Waals surface area contributed by atoms with E-state index in [2.05, 4.69) is 77.7 Å². The van der Waals surface area contributed by atoms with Crippen LogP contribution in [0.2, 0.25) is 0 Å². The minimum absolute atomic E-state index is 0.0524. The summed E-state index contributed by atoms with van der Waals surface area (Å²) in [7, 11) is 0. The Morgan fingerprint density at radius 2 is 1.59 bits per heavy atom. The van der Waals surface area contributed by atoms with Gasteiger partial charge in [-0.15, -0.1) is 0 Å². The molecule has 0 fully saturated rings. The first-order valence-corrected chi connectivity index (χ1v) is 11.6. The number of benzene rings is 2. The van der Waals surface area contributed by atoms with E-state index in [-0.39, 0.29) is 5.91 Å². The van der Waals surface area contributed by atoms with Crippen molar-refractivity contribution in [3.8, 4) is 22.5 Å². The molecule has 0 saturated carbocycles. The zero-order valence-electron chi connectivity index (χ0n) is 18.5. The first-order chi connectivity index (χ1) is 15.5. The number of hydrogen-bond donors (Lipinski definition) is 2. The van der Waals surface area contributed by atoms with Gasteiger partial charge in [-0.3, -0.25) is 4.79 Å². The second kappa shape index (κ2) is 9.83. The number of aromatic nitrogens is 3. The number of pyridine rings is 1. The van der Waals surface area contributed by atoms with Gasteiger partial charge in [-0.1, -0.05) is 77.5 Å². The maximum atomic E-state index is 12.3. The molecule has 162 valence electrons. The number of carbonyl (C=O) groups excluding carboxylic acids is 1. The summed E-state index contributed by atoms with van der Waals surface area (Å²) in [5.74, 6) is 1.18. The number of nitrogens with zero attached hydrogens (tertiary/aromatic N) is 2. The fourth-order valence-corrected chi connectivity index (χ4v) is 4.13. The van der Waals surface area contributed by atoms with Crippen molar-refractivity contribution >= 4 is 23.5 Å². The molecule has 4 aromatic rings. The van der Waals surface area contributed by atoms with Gasteiger partial charge in [0.2, 0.25) is 5.91 Å². The molecule has 0 spiro atoms. The molecule has 2 heterocycles. The van der Waals surface area contributed by atoms with E-state index in [9.17, 15) is 4.79 Å². The second-order valence-electron chi connectivity index (χ2n) is 7.81. The van der Waals surface area contributed by atoms with Gasteiger partial charge in [-0.25, -0.2) is 9.97 Å². The topological polar surface area (TPSA) is 70.7 Å². The van der Waals surface area contributed by atoms with Crippen LogP contribution in [-0.4, -0.2) is 26.6 Å². The molecule has 0 unspecified atom stereocenters. The highest BCUT2D eigenvalue weighted by Crippen LogP contribution is 2.33. The van der Waals surface area contributed by atoms with E-state index in [4.69, 9.17) is 4.98 Å². The summed E-state index contributed by atoms with van der Waals surface area (Å²) in [6.45, 7) is 6.09. The lowest BCUT2D eigenvalue weighted by atomic mass is 10.0. The molecule has 2 aromatic heterocycles. The van der Waals surface area contributed by atoms with Crippen molar-refractivity contribution < 1.29 is 4.79 Å². The number of rotatable bonds is 7. The minimum atomic E-state index is -0.0524. The summed E-state index contributed by atoms with van der Waals surface area (Å²) in [4.78, 5) is 24.9. The Hall–Kier alpha value is -3.38. The van der Waals surface area contributed by atoms with Crippen molar-refractivity contribution in [2.24, 2.45) is 0 Å². The van der Waals surface area contributed by atoms with Crippen molar-refractivity contribution in [1.82, 2.24) is 15.0 Å². The fraction of sp³-hybridized carbons (Fsp3) is 0.192. The molecular formula is C26H26N4OS. The lowest BCUT2D eigenvalue weighted by molar-refractivity contribution is -0.115. The highest BCUT2D eigenvalue weighted by Gasteiger charge is 2.15. The Morgan fingerprint density at radius 3 is 2.25 bits per heavy atom. The molecule has 0 bridgehead atoms. The van der Waals surface area contributed by atoms with Crippen molar-refractivity contribution in [3.63, 3.8) is 0 Å². The number of anilines is 1. The minimum Gasteiger partial charge on any atom is -0.332 e. The van der Waals surface area contributed by atoms with Crippen molar-refractivity contribution in [1.29, 1.82) is 0 Å². The zero-order chi connectivity index (χ0) is 22.5. The first kappa shape index (κ1) is 21.8. The smallest absolute Gasteiger partial charge is 0.226 e. The summed E-state index contributed by atoms with van der Waals surface area (Å²) in [6, 6.07) is 20.6. The fourth-order valence-electron chi connectivity index (χ4n) is 3.32. The summed E-state index contributed by atoms with van der Waals surface area (Å²) in [5.41, 5.74) is 7.45. The Balaban J connectivity index is 1.49. The number of aryl methyl sites for hydroxylation is 3. The third-order valence-corrected chi connectivity index (χ3v) is 6.06. The molecule has 2 aromatic carbocycles. The monoisotopic (exact) mass is 442 g/mol. The van der Waals surface area contributed by atoms with Crippen LogP contribution in [0.25, 0.3) is 22.5 Å². The molecular weight excluding hydrogens is 416 g/mol. The van der Waals surface area contributed by atoms with Gasteiger partial charge >= 0.3 is 0 Å². The number of amides is 1. The Kier molecular flexibility index (Phi) is 6.71. The Labute approximate surface area is 192 Å². The highest BCUT2D eigenvalue weighted by molar-refractivity contribution is 7.99. The molecule has 32 heavy (non-hydrogen) atoms. The largest absolute Gasteiger partial charge is 0.332 e. The van der Waals surface area contributed by atoms with Crippen LogP contribution in [0.1, 0.15) is 23.1 Å². The molecule has 2 N–H and O–H groups in total. The van der Waals surface area contributed by atoms with Gasteiger partial charge in [-0.05, 0) is 32.4 Å². The lowest BCUT2D eigenvalue weighted by Gasteiger charge is -2.06. The second-order valence-corrected chi connectivity index (χ2v) is 8.90. The Bertz CT molecular complexity index is 1150. The summed E-state index contributed by atoms with van der Waals surface area (Å²) in [6.07, 6.45) is 2.06. The van der Waals surface area contributed by atoms with Gasteiger partial charge in [0.15, 0.2) is 5.16 Å². The van der Waals surface area contributed by atoms with Crippen LogP contribution in [0.15, 0.2) is 72.0 Å². The van der Waals surface area contributed by atoms with E-state index < -0.39 is 0 Å². The number of hydrogen-bond acceptors (Lipinski definition) is 4. The number of imidazole rings is 1. The third kappa shape index (κ3) is 5.26. The molecule has 4 rings (SSSR count). The van der Waals surface area contributed by atoms with Crippen LogP contribution in [0.4, 0.5) is 5.82 Å².